The zero-order valence-electron chi connectivity index (χ0n) is 37.4. The van der Waals surface area contributed by atoms with Crippen molar-refractivity contribution in [2.75, 3.05) is 13.1 Å². The molecule has 378 valence electrons. The van der Waals surface area contributed by atoms with E-state index in [4.69, 9.17) is 0 Å². The third kappa shape index (κ3) is 10.7. The lowest BCUT2D eigenvalue weighted by Gasteiger charge is -2.44. The van der Waals surface area contributed by atoms with Crippen molar-refractivity contribution >= 4 is 28.0 Å². The summed E-state index contributed by atoms with van der Waals surface area (Å²) >= 11 is 0. The van der Waals surface area contributed by atoms with E-state index in [-0.39, 0.29) is 0 Å². The number of aryl methyl sites for hydroxylation is 2. The monoisotopic (exact) mass is 1010 g/mol. The highest BCUT2D eigenvalue weighted by Gasteiger charge is 2.52. The van der Waals surface area contributed by atoms with Crippen molar-refractivity contribution in [3.8, 4) is 0 Å². The van der Waals surface area contributed by atoms with Crippen molar-refractivity contribution in [2.24, 2.45) is 11.8 Å². The molecule has 1 nitrogen and oxygen atoms in total. The Morgan fingerprint density at radius 1 is 0.333 bits per heavy atom. The summed E-state index contributed by atoms with van der Waals surface area (Å²) in [6.07, 6.45) is 0.460. The van der Waals surface area contributed by atoms with Gasteiger partial charge in [0.25, 0.3) is 0 Å². The molecule has 5 rings (SSSR count). The molecule has 5 aromatic rings. The largest absolute Gasteiger partial charge is 0.331 e. The van der Waals surface area contributed by atoms with Gasteiger partial charge in [-0.25, -0.2) is 87.8 Å². The predicted octanol–water partition coefficient (Wildman–Crippen LogP) is 10.9. The molecule has 69 heavy (non-hydrogen) atoms. The Bertz CT molecular complexity index is 2280. The number of nitrogens with one attached hydrogen (secondary N) is 1. The van der Waals surface area contributed by atoms with E-state index in [1.54, 1.807) is 21.6 Å². The predicted molar refractivity (Wildman–Crippen MR) is 217 cm³/mol. The zero-order chi connectivity index (χ0) is 52.3. The minimum Gasteiger partial charge on any atom is -0.331 e. The van der Waals surface area contributed by atoms with E-state index in [0.29, 0.717) is 0 Å². The van der Waals surface area contributed by atoms with Crippen LogP contribution in [0.25, 0.3) is 0 Å². The fourth-order valence-corrected chi connectivity index (χ4v) is 8.54. The van der Waals surface area contributed by atoms with E-state index >= 15 is 35.1 Å². The van der Waals surface area contributed by atoms with Gasteiger partial charge in [0.15, 0.2) is 69.8 Å². The molecule has 0 spiro atoms. The number of hydrogen-bond donors (Lipinski definition) is 1. The Kier molecular flexibility index (Phi) is 18.5. The van der Waals surface area contributed by atoms with Crippen LogP contribution < -0.4 is 26.8 Å². The van der Waals surface area contributed by atoms with Crippen LogP contribution in [0.3, 0.4) is 0 Å². The van der Waals surface area contributed by atoms with Crippen molar-refractivity contribution < 1.29 is 92.7 Å². The first-order valence-corrected chi connectivity index (χ1v) is 21.3. The lowest BCUT2D eigenvalue weighted by molar-refractivity contribution is -0.919. The van der Waals surface area contributed by atoms with Crippen LogP contribution in [-0.4, -0.2) is 19.2 Å². The summed E-state index contributed by atoms with van der Waals surface area (Å²) in [7, 11) is 0. The molecule has 0 aliphatic carbocycles. The summed E-state index contributed by atoms with van der Waals surface area (Å²) in [5.41, 5.74) is -9.64. The van der Waals surface area contributed by atoms with Crippen LogP contribution in [0, 0.1) is 128 Å². The summed E-state index contributed by atoms with van der Waals surface area (Å²) < 4.78 is 294. The smallest absolute Gasteiger partial charge is 0.200 e. The van der Waals surface area contributed by atoms with Crippen LogP contribution in [0.4, 0.5) is 87.8 Å². The number of unbranched alkanes of at least 4 members (excludes halogenated alkanes) is 2. The molecule has 0 saturated carbocycles. The maximum atomic E-state index is 15.4. The quantitative estimate of drug-likeness (QED) is 0.0435. The van der Waals surface area contributed by atoms with Crippen molar-refractivity contribution in [2.45, 2.75) is 86.6 Å². The molecule has 0 saturated heterocycles. The maximum absolute atomic E-state index is 15.4. The molecular weight excluding hydrogens is 969 g/mol. The molecule has 1 N–H and O–H groups in total. The van der Waals surface area contributed by atoms with Crippen LogP contribution in [0.2, 0.25) is 0 Å². The lowest BCUT2D eigenvalue weighted by atomic mass is 9.12. The van der Waals surface area contributed by atoms with Crippen molar-refractivity contribution in [1.29, 1.82) is 0 Å². The van der Waals surface area contributed by atoms with Gasteiger partial charge in [0.2, 0.25) is 0 Å². The number of benzene rings is 5. The van der Waals surface area contributed by atoms with Gasteiger partial charge in [-0.3, -0.25) is 0 Å². The molecule has 0 aliphatic heterocycles. The van der Waals surface area contributed by atoms with Crippen molar-refractivity contribution in [1.82, 2.24) is 0 Å². The average molecular weight is 1010 g/mol. The molecule has 0 aliphatic rings. The highest BCUT2D eigenvalue weighted by atomic mass is 19.2. The Labute approximate surface area is 383 Å². The third-order valence-corrected chi connectivity index (χ3v) is 11.3. The molecule has 5 aromatic carbocycles. The number of quaternary nitrogens is 1. The average Bonchev–Trinajstić information content (AvgIpc) is 3.29. The van der Waals surface area contributed by atoms with Crippen LogP contribution >= 0.6 is 0 Å². The van der Waals surface area contributed by atoms with E-state index in [1.165, 1.54) is 58.2 Å². The summed E-state index contributed by atoms with van der Waals surface area (Å²) in [6.45, 7) is 17.7. The van der Waals surface area contributed by atoms with Crippen molar-refractivity contribution in [3.63, 3.8) is 0 Å². The van der Waals surface area contributed by atoms with Gasteiger partial charge >= 0.3 is 0 Å². The van der Waals surface area contributed by atoms with E-state index in [1.807, 2.05) is 0 Å². The Balaban J connectivity index is 0.000000365. The molecule has 0 atom stereocenters. The van der Waals surface area contributed by atoms with Crippen LogP contribution in [-0.2, 0) is 19.4 Å². The van der Waals surface area contributed by atoms with Crippen LogP contribution in [0.5, 0.6) is 0 Å². The molecule has 0 unspecified atom stereocenters. The molecule has 0 fully saturated rings. The molecule has 0 radical (unpaired) electrons. The van der Waals surface area contributed by atoms with Crippen LogP contribution in [0.15, 0.2) is 18.2 Å². The first-order chi connectivity index (χ1) is 32.1. The van der Waals surface area contributed by atoms with E-state index < -0.39 is 144 Å². The number of hydrogen-bond acceptors (Lipinski definition) is 0. The second-order valence-electron chi connectivity index (χ2n) is 17.3. The standard InChI is InChI=1S/C24BF20.C23H41N/c26-5-1(6(27)14(35)21(42)13(5)34)25(2-7(28)15(36)22(43)16(37)8(2)29,3-9(30)17(38)23(44)18(39)10(3)31)4-11(32)19(40)24(45)20(41)12(4)33;1-7-9-11-21-13-22(12-10-8-2)15-23(14-21)18-24(16-19(3)4)17-20(5)6/h;13-15,19-20H,7-12,16-18H2,1-6H3/q-1;/p+1. The topological polar surface area (TPSA) is 4.44 Å². The Hall–Kier alpha value is -5.28. The van der Waals surface area contributed by atoms with Gasteiger partial charge < -0.3 is 4.90 Å². The molecule has 0 bridgehead atoms. The van der Waals surface area contributed by atoms with Gasteiger partial charge in [0.05, 0.1) is 13.1 Å². The van der Waals surface area contributed by atoms with Gasteiger partial charge in [-0.15, -0.1) is 21.9 Å². The second kappa shape index (κ2) is 22.6. The van der Waals surface area contributed by atoms with Gasteiger partial charge in [-0.05, 0) is 36.8 Å². The van der Waals surface area contributed by atoms with E-state index in [0.717, 1.165) is 11.8 Å². The van der Waals surface area contributed by atoms with Crippen molar-refractivity contribution in [3.05, 3.63) is 151 Å². The Morgan fingerprint density at radius 2 is 0.536 bits per heavy atom. The van der Waals surface area contributed by atoms with Gasteiger partial charge in [0.1, 0.15) is 59.2 Å². The number of halogens is 20. The zero-order valence-corrected chi connectivity index (χ0v) is 37.4. The third-order valence-electron chi connectivity index (χ3n) is 11.3. The van der Waals surface area contributed by atoms with Crippen LogP contribution in [0.1, 0.15) is 83.9 Å². The summed E-state index contributed by atoms with van der Waals surface area (Å²) in [6, 6.07) is 7.46. The highest BCUT2D eigenvalue weighted by molar-refractivity contribution is 7.20. The molecule has 0 heterocycles. The minimum absolute atomic E-state index is 0.765. The molecule has 0 aromatic heterocycles. The SMILES string of the molecule is CCCCc1cc(CCCC)cc(C[NH+](CC(C)C)CC(C)C)c1.Fc1c(F)c(F)c([B-](c2c(F)c(F)c(F)c(F)c2F)(c2c(F)c(F)c(F)c(F)c2F)c2c(F)c(F)c(F)c(F)c2F)c(F)c1F. The second-order valence-corrected chi connectivity index (χ2v) is 17.3. The highest BCUT2D eigenvalue weighted by Crippen LogP contribution is 2.31. The molecule has 0 amide bonds. The summed E-state index contributed by atoms with van der Waals surface area (Å²) in [4.78, 5) is 1.74. The first-order valence-electron chi connectivity index (χ1n) is 21.3. The minimum atomic E-state index is -7.22. The van der Waals surface area contributed by atoms with Gasteiger partial charge in [0, 0.05) is 17.4 Å². The van der Waals surface area contributed by atoms with E-state index in [9.17, 15) is 52.7 Å². The fraction of sp³-hybridized carbons (Fsp3) is 0.362. The first kappa shape index (κ1) is 56.3. The molecular formula is C47H42BF20N. The summed E-state index contributed by atoms with van der Waals surface area (Å²) in [5.74, 6) is -69.9. The fourth-order valence-electron chi connectivity index (χ4n) is 8.54. The van der Waals surface area contributed by atoms with Gasteiger partial charge in [-0.2, -0.15) is 0 Å². The Morgan fingerprint density at radius 3 is 0.739 bits per heavy atom. The maximum Gasteiger partial charge on any atom is 0.200 e. The number of rotatable bonds is 16. The lowest BCUT2D eigenvalue weighted by Crippen LogP contribution is -3.11. The summed E-state index contributed by atoms with van der Waals surface area (Å²) in [5, 5.41) is 0. The normalized spacial score (nSPS) is 12.0. The van der Waals surface area contributed by atoms with Gasteiger partial charge in [-0.1, -0.05) is 72.6 Å². The van der Waals surface area contributed by atoms with E-state index in [2.05, 4.69) is 59.7 Å². The molecule has 22 heteroatoms.